The molecule has 31 heavy (non-hydrogen) atoms. The Bertz CT molecular complexity index is 839. The molecular weight excluding hydrogens is 392 g/mol. The van der Waals surface area contributed by atoms with Gasteiger partial charge < -0.3 is 14.9 Å². The first-order valence-electron chi connectivity index (χ1n) is 11.9. The van der Waals surface area contributed by atoms with Gasteiger partial charge in [0.05, 0.1) is 5.41 Å². The van der Waals surface area contributed by atoms with Crippen molar-refractivity contribution in [3.05, 3.63) is 35.9 Å². The number of hydroxylamine groups is 1. The highest BCUT2D eigenvalue weighted by atomic mass is 16.7. The van der Waals surface area contributed by atoms with Crippen molar-refractivity contribution in [3.8, 4) is 0 Å². The van der Waals surface area contributed by atoms with E-state index in [-0.39, 0.29) is 22.9 Å². The van der Waals surface area contributed by atoms with Gasteiger partial charge in [0.2, 0.25) is 0 Å². The third-order valence-electron chi connectivity index (χ3n) is 8.54. The molecule has 5 fully saturated rings. The maximum atomic E-state index is 13.4. The molecule has 0 aromatic heterocycles. The van der Waals surface area contributed by atoms with Gasteiger partial charge in [-0.3, -0.25) is 0 Å². The number of rotatable bonds is 4. The van der Waals surface area contributed by atoms with Gasteiger partial charge in [0.1, 0.15) is 6.10 Å². The lowest BCUT2D eigenvalue weighted by molar-refractivity contribution is -0.191. The second-order valence-electron chi connectivity index (χ2n) is 10.6. The summed E-state index contributed by atoms with van der Waals surface area (Å²) in [6, 6.07) is 10.7. The number of piperidine rings is 1. The number of carbonyl (C=O) groups is 2. The lowest BCUT2D eigenvalue weighted by atomic mass is 9.38. The Morgan fingerprint density at radius 1 is 1.06 bits per heavy atom. The number of hydrogen-bond donors (Lipinski definition) is 2. The molecule has 5 aliphatic rings. The monoisotopic (exact) mass is 426 g/mol. The van der Waals surface area contributed by atoms with E-state index >= 15 is 0 Å². The molecule has 0 radical (unpaired) electrons. The molecule has 1 aromatic carbocycles. The summed E-state index contributed by atoms with van der Waals surface area (Å²) in [5, 5.41) is 3.24. The van der Waals surface area contributed by atoms with Crippen LogP contribution in [0.2, 0.25) is 0 Å². The fourth-order valence-electron chi connectivity index (χ4n) is 7.66. The van der Waals surface area contributed by atoms with Crippen LogP contribution in [0.3, 0.4) is 0 Å². The number of hydrogen-bond acceptors (Lipinski definition) is 5. The van der Waals surface area contributed by atoms with Crippen LogP contribution >= 0.6 is 0 Å². The third-order valence-corrected chi connectivity index (χ3v) is 8.54. The van der Waals surface area contributed by atoms with E-state index in [1.165, 1.54) is 12.0 Å². The van der Waals surface area contributed by atoms with E-state index in [0.717, 1.165) is 64.5 Å². The molecule has 1 heterocycles. The van der Waals surface area contributed by atoms with E-state index in [0.29, 0.717) is 5.92 Å². The molecule has 6 heteroatoms. The predicted octanol–water partition coefficient (Wildman–Crippen LogP) is 4.24. The highest BCUT2D eigenvalue weighted by Crippen LogP contribution is 2.71. The summed E-state index contributed by atoms with van der Waals surface area (Å²) in [6.45, 7) is 3.94. The zero-order valence-electron chi connectivity index (χ0n) is 18.5. The van der Waals surface area contributed by atoms with Crippen LogP contribution < -0.4 is 10.8 Å². The van der Waals surface area contributed by atoms with E-state index < -0.39 is 11.5 Å². The maximum absolute atomic E-state index is 13.4. The highest BCUT2D eigenvalue weighted by Gasteiger charge is 2.66. The molecule has 4 atom stereocenters. The first kappa shape index (κ1) is 20.8. The van der Waals surface area contributed by atoms with Crippen molar-refractivity contribution in [1.29, 1.82) is 0 Å². The number of nitrogens with one attached hydrogen (secondary N) is 2. The van der Waals surface area contributed by atoms with Crippen LogP contribution in [-0.4, -0.2) is 31.3 Å². The van der Waals surface area contributed by atoms with Gasteiger partial charge in [-0.15, -0.1) is 5.48 Å². The molecule has 2 N–H and O–H groups in total. The van der Waals surface area contributed by atoms with E-state index in [1.54, 1.807) is 0 Å². The molecule has 4 saturated carbocycles. The van der Waals surface area contributed by atoms with Crippen molar-refractivity contribution in [1.82, 2.24) is 10.8 Å². The molecule has 1 aliphatic heterocycles. The third kappa shape index (κ3) is 3.73. The minimum Gasteiger partial charge on any atom is -0.444 e. The van der Waals surface area contributed by atoms with Crippen LogP contribution in [0.4, 0.5) is 4.79 Å². The molecule has 1 aromatic rings. The Labute approximate surface area is 184 Å². The average molecular weight is 427 g/mol. The fraction of sp³-hybridized carbons (Fsp3) is 0.680. The molecular formula is C25H34N2O4. The normalized spacial score (nSPS) is 36.7. The number of carbonyl (C=O) groups excluding carboxylic acids is 2. The van der Waals surface area contributed by atoms with Crippen molar-refractivity contribution >= 4 is 12.1 Å². The van der Waals surface area contributed by atoms with Gasteiger partial charge in [-0.1, -0.05) is 43.7 Å². The summed E-state index contributed by atoms with van der Waals surface area (Å²) in [5.41, 5.74) is 3.36. The molecule has 4 aliphatic carbocycles. The molecule has 6 nitrogen and oxygen atoms in total. The predicted molar refractivity (Wildman–Crippen MR) is 116 cm³/mol. The van der Waals surface area contributed by atoms with Gasteiger partial charge in [0.15, 0.2) is 0 Å². The quantitative estimate of drug-likeness (QED) is 0.704. The molecule has 168 valence electrons. The summed E-state index contributed by atoms with van der Waals surface area (Å²) in [4.78, 5) is 31.1. The molecule has 6 rings (SSSR count). The van der Waals surface area contributed by atoms with Gasteiger partial charge in [-0.05, 0) is 86.8 Å². The smallest absolute Gasteiger partial charge is 0.440 e. The van der Waals surface area contributed by atoms with Crippen LogP contribution in [0.15, 0.2) is 30.3 Å². The van der Waals surface area contributed by atoms with Crippen LogP contribution in [0.1, 0.15) is 70.3 Å². The molecule has 1 amide bonds. The SMILES string of the molecule is CCC12CC3CC(C(=O)ONC(=O)OC4CCNCC4)(C1)CC(c1ccccc1)(C3)C2. The Hall–Kier alpha value is -2.08. The van der Waals surface area contributed by atoms with Gasteiger partial charge in [-0.2, -0.15) is 0 Å². The van der Waals surface area contributed by atoms with Crippen LogP contribution in [0.25, 0.3) is 0 Å². The molecule has 4 bridgehead atoms. The van der Waals surface area contributed by atoms with E-state index in [2.05, 4.69) is 48.1 Å². The van der Waals surface area contributed by atoms with Crippen molar-refractivity contribution in [2.24, 2.45) is 16.7 Å². The maximum Gasteiger partial charge on any atom is 0.440 e. The Morgan fingerprint density at radius 3 is 2.58 bits per heavy atom. The second-order valence-corrected chi connectivity index (χ2v) is 10.6. The standard InChI is InChI=1S/C25H34N2O4/c1-2-23-12-18-13-24(15-23,19-6-4-3-5-7-19)17-25(14-18,16-23)21(28)31-27-22(29)30-20-8-10-26-11-9-20/h3-7,18,20,26H,2,8-17H2,1H3,(H,27,29). The molecule has 4 unspecified atom stereocenters. The lowest BCUT2D eigenvalue weighted by Gasteiger charge is -2.65. The fourth-order valence-corrected chi connectivity index (χ4v) is 7.66. The van der Waals surface area contributed by atoms with E-state index in [4.69, 9.17) is 9.57 Å². The highest BCUT2D eigenvalue weighted by molar-refractivity contribution is 5.79. The molecule has 0 spiro atoms. The topological polar surface area (TPSA) is 76.7 Å². The largest absolute Gasteiger partial charge is 0.444 e. The summed E-state index contributed by atoms with van der Waals surface area (Å²) in [5.74, 6) is 0.252. The van der Waals surface area contributed by atoms with Gasteiger partial charge in [0, 0.05) is 0 Å². The minimum atomic E-state index is -0.659. The Morgan fingerprint density at radius 2 is 1.84 bits per heavy atom. The summed E-state index contributed by atoms with van der Waals surface area (Å²) in [6.07, 6.45) is 7.92. The minimum absolute atomic E-state index is 0.0330. The first-order valence-corrected chi connectivity index (χ1v) is 11.9. The van der Waals surface area contributed by atoms with Crippen molar-refractivity contribution in [2.75, 3.05) is 13.1 Å². The van der Waals surface area contributed by atoms with Gasteiger partial charge in [0.25, 0.3) is 0 Å². The van der Waals surface area contributed by atoms with Crippen LogP contribution in [0.5, 0.6) is 0 Å². The van der Waals surface area contributed by atoms with Gasteiger partial charge >= 0.3 is 12.1 Å². The van der Waals surface area contributed by atoms with Gasteiger partial charge in [-0.25, -0.2) is 9.59 Å². The molecule has 1 saturated heterocycles. The number of ether oxygens (including phenoxy) is 1. The van der Waals surface area contributed by atoms with E-state index in [9.17, 15) is 9.59 Å². The van der Waals surface area contributed by atoms with Crippen molar-refractivity contribution in [2.45, 2.75) is 76.2 Å². The van der Waals surface area contributed by atoms with Crippen LogP contribution in [0, 0.1) is 16.7 Å². The second kappa shape index (κ2) is 7.80. The Balaban J connectivity index is 1.32. The lowest BCUT2D eigenvalue weighted by Crippen LogP contribution is -2.61. The first-order chi connectivity index (χ1) is 15.0. The number of amides is 1. The zero-order valence-corrected chi connectivity index (χ0v) is 18.5. The zero-order chi connectivity index (χ0) is 21.5. The number of benzene rings is 1. The van der Waals surface area contributed by atoms with Crippen molar-refractivity contribution < 1.29 is 19.2 Å². The van der Waals surface area contributed by atoms with E-state index in [1.807, 2.05) is 0 Å². The van der Waals surface area contributed by atoms with Crippen molar-refractivity contribution in [3.63, 3.8) is 0 Å². The summed E-state index contributed by atoms with van der Waals surface area (Å²) in [7, 11) is 0. The van der Waals surface area contributed by atoms with Crippen LogP contribution in [-0.2, 0) is 19.8 Å². The Kier molecular flexibility index (Phi) is 5.24. The average Bonchev–Trinajstić information content (AvgIpc) is 2.78. The summed E-state index contributed by atoms with van der Waals surface area (Å²) >= 11 is 0. The summed E-state index contributed by atoms with van der Waals surface area (Å²) < 4.78 is 5.42.